The normalized spacial score (nSPS) is 23.1. The van der Waals surface area contributed by atoms with Crippen molar-refractivity contribution < 1.29 is 9.47 Å². The number of nitrogens with one attached hydrogen (secondary N) is 1. The second-order valence-corrected chi connectivity index (χ2v) is 5.27. The van der Waals surface area contributed by atoms with Gasteiger partial charge in [-0.3, -0.25) is 0 Å². The summed E-state index contributed by atoms with van der Waals surface area (Å²) in [5.41, 5.74) is 0. The molecule has 2 fully saturated rings. The van der Waals surface area contributed by atoms with Gasteiger partial charge in [0.2, 0.25) is 0 Å². The standard InChI is InChI=1S/C14H22N4O2/c1-11-16-13(15-10-12-3-2-6-20-12)9-14(17-11)18-4-7-19-8-5-18/h9,12H,2-8,10H2,1H3,(H,15,16,17). The zero-order chi connectivity index (χ0) is 13.8. The van der Waals surface area contributed by atoms with E-state index in [4.69, 9.17) is 9.47 Å². The Bertz CT molecular complexity index is 443. The lowest BCUT2D eigenvalue weighted by Gasteiger charge is -2.28. The molecule has 0 bridgehead atoms. The third-order valence-corrected chi connectivity index (χ3v) is 3.69. The molecule has 2 saturated heterocycles. The van der Waals surface area contributed by atoms with Gasteiger partial charge in [0.25, 0.3) is 0 Å². The average Bonchev–Trinajstić information content (AvgIpc) is 2.99. The van der Waals surface area contributed by atoms with Crippen molar-refractivity contribution in [3.05, 3.63) is 11.9 Å². The molecule has 0 amide bonds. The molecule has 1 N–H and O–H groups in total. The Kier molecular flexibility index (Phi) is 4.32. The van der Waals surface area contributed by atoms with Gasteiger partial charge in [0.05, 0.1) is 19.3 Å². The Morgan fingerprint density at radius 2 is 2.15 bits per heavy atom. The van der Waals surface area contributed by atoms with Crippen molar-refractivity contribution in [1.82, 2.24) is 9.97 Å². The van der Waals surface area contributed by atoms with Gasteiger partial charge < -0.3 is 19.7 Å². The van der Waals surface area contributed by atoms with Gasteiger partial charge in [-0.2, -0.15) is 0 Å². The summed E-state index contributed by atoms with van der Waals surface area (Å²) < 4.78 is 11.0. The molecular formula is C14H22N4O2. The van der Waals surface area contributed by atoms with Crippen LogP contribution < -0.4 is 10.2 Å². The summed E-state index contributed by atoms with van der Waals surface area (Å²) in [6.45, 7) is 6.95. The highest BCUT2D eigenvalue weighted by atomic mass is 16.5. The van der Waals surface area contributed by atoms with E-state index in [1.807, 2.05) is 13.0 Å². The first-order chi connectivity index (χ1) is 9.81. The SMILES string of the molecule is Cc1nc(NCC2CCCO2)cc(N2CCOCC2)n1. The molecule has 0 saturated carbocycles. The molecule has 6 heteroatoms. The zero-order valence-corrected chi connectivity index (χ0v) is 12.0. The maximum Gasteiger partial charge on any atom is 0.134 e. The predicted octanol–water partition coefficient (Wildman–Crippen LogP) is 1.21. The van der Waals surface area contributed by atoms with Gasteiger partial charge in [-0.1, -0.05) is 0 Å². The van der Waals surface area contributed by atoms with Crippen molar-refractivity contribution in [2.45, 2.75) is 25.9 Å². The molecule has 1 atom stereocenters. The van der Waals surface area contributed by atoms with Crippen LogP contribution in [0.1, 0.15) is 18.7 Å². The number of hydrogen-bond acceptors (Lipinski definition) is 6. The topological polar surface area (TPSA) is 59.5 Å². The van der Waals surface area contributed by atoms with Gasteiger partial charge in [-0.25, -0.2) is 9.97 Å². The minimum atomic E-state index is 0.317. The van der Waals surface area contributed by atoms with Crippen LogP contribution in [0.2, 0.25) is 0 Å². The van der Waals surface area contributed by atoms with E-state index < -0.39 is 0 Å². The lowest BCUT2D eigenvalue weighted by Crippen LogP contribution is -2.37. The molecule has 3 heterocycles. The third-order valence-electron chi connectivity index (χ3n) is 3.69. The molecule has 0 radical (unpaired) electrons. The maximum absolute atomic E-state index is 5.62. The number of aromatic nitrogens is 2. The van der Waals surface area contributed by atoms with Crippen molar-refractivity contribution in [3.63, 3.8) is 0 Å². The Hall–Kier alpha value is -1.40. The molecule has 0 aromatic carbocycles. The van der Waals surface area contributed by atoms with Crippen LogP contribution in [0.5, 0.6) is 0 Å². The van der Waals surface area contributed by atoms with Crippen LogP contribution in [0.4, 0.5) is 11.6 Å². The number of hydrogen-bond donors (Lipinski definition) is 1. The number of aryl methyl sites for hydroxylation is 1. The molecule has 2 aliphatic heterocycles. The summed E-state index contributed by atoms with van der Waals surface area (Å²) in [4.78, 5) is 11.2. The van der Waals surface area contributed by atoms with Gasteiger partial charge in [0.15, 0.2) is 0 Å². The average molecular weight is 278 g/mol. The lowest BCUT2D eigenvalue weighted by molar-refractivity contribution is 0.120. The predicted molar refractivity (Wildman–Crippen MR) is 77.3 cm³/mol. The second kappa shape index (κ2) is 6.37. The number of morpholine rings is 1. The Morgan fingerprint density at radius 3 is 2.90 bits per heavy atom. The Balaban J connectivity index is 1.65. The molecule has 6 nitrogen and oxygen atoms in total. The van der Waals surface area contributed by atoms with Crippen LogP contribution in [-0.2, 0) is 9.47 Å². The monoisotopic (exact) mass is 278 g/mol. The lowest BCUT2D eigenvalue weighted by atomic mass is 10.2. The van der Waals surface area contributed by atoms with Crippen LogP contribution in [0, 0.1) is 6.92 Å². The Morgan fingerprint density at radius 1 is 1.30 bits per heavy atom. The van der Waals surface area contributed by atoms with E-state index >= 15 is 0 Å². The summed E-state index contributed by atoms with van der Waals surface area (Å²) in [5, 5.41) is 3.37. The molecule has 0 aliphatic carbocycles. The van der Waals surface area contributed by atoms with Crippen LogP contribution in [0.3, 0.4) is 0 Å². The molecule has 1 aromatic rings. The fraction of sp³-hybridized carbons (Fsp3) is 0.714. The van der Waals surface area contributed by atoms with E-state index in [-0.39, 0.29) is 0 Å². The number of rotatable bonds is 4. The molecule has 20 heavy (non-hydrogen) atoms. The van der Waals surface area contributed by atoms with E-state index in [9.17, 15) is 0 Å². The molecule has 3 rings (SSSR count). The molecule has 1 unspecified atom stereocenters. The fourth-order valence-electron chi connectivity index (χ4n) is 2.62. The Labute approximate surface area is 119 Å². The smallest absolute Gasteiger partial charge is 0.134 e. The summed E-state index contributed by atoms with van der Waals surface area (Å²) in [7, 11) is 0. The first kappa shape index (κ1) is 13.6. The van der Waals surface area contributed by atoms with E-state index in [0.717, 1.165) is 69.8 Å². The fourth-order valence-corrected chi connectivity index (χ4v) is 2.62. The summed E-state index contributed by atoms with van der Waals surface area (Å²) in [6, 6.07) is 2.02. The van der Waals surface area contributed by atoms with Gasteiger partial charge in [0.1, 0.15) is 17.5 Å². The quantitative estimate of drug-likeness (QED) is 0.893. The first-order valence-corrected chi connectivity index (χ1v) is 7.35. The van der Waals surface area contributed by atoms with E-state index in [0.29, 0.717) is 6.10 Å². The largest absolute Gasteiger partial charge is 0.378 e. The molecule has 2 aliphatic rings. The third kappa shape index (κ3) is 3.37. The van der Waals surface area contributed by atoms with Crippen molar-refractivity contribution in [2.24, 2.45) is 0 Å². The van der Waals surface area contributed by atoms with Crippen LogP contribution >= 0.6 is 0 Å². The van der Waals surface area contributed by atoms with Crippen LogP contribution in [0.25, 0.3) is 0 Å². The van der Waals surface area contributed by atoms with Gasteiger partial charge in [-0.05, 0) is 19.8 Å². The number of ether oxygens (including phenoxy) is 2. The summed E-state index contributed by atoms with van der Waals surface area (Å²) in [5.74, 6) is 2.66. The van der Waals surface area contributed by atoms with E-state index in [2.05, 4.69) is 20.2 Å². The molecule has 0 spiro atoms. The van der Waals surface area contributed by atoms with Gasteiger partial charge in [0, 0.05) is 32.3 Å². The van der Waals surface area contributed by atoms with Crippen molar-refractivity contribution in [3.8, 4) is 0 Å². The first-order valence-electron chi connectivity index (χ1n) is 7.35. The minimum absolute atomic E-state index is 0.317. The molecule has 1 aromatic heterocycles. The second-order valence-electron chi connectivity index (χ2n) is 5.27. The summed E-state index contributed by atoms with van der Waals surface area (Å²) >= 11 is 0. The highest BCUT2D eigenvalue weighted by Gasteiger charge is 2.17. The molecule has 110 valence electrons. The van der Waals surface area contributed by atoms with Crippen molar-refractivity contribution in [2.75, 3.05) is 49.7 Å². The highest BCUT2D eigenvalue weighted by molar-refractivity contribution is 5.49. The van der Waals surface area contributed by atoms with E-state index in [1.165, 1.54) is 0 Å². The highest BCUT2D eigenvalue weighted by Crippen LogP contribution is 2.18. The molecular weight excluding hydrogens is 256 g/mol. The zero-order valence-electron chi connectivity index (χ0n) is 12.0. The van der Waals surface area contributed by atoms with Crippen molar-refractivity contribution in [1.29, 1.82) is 0 Å². The van der Waals surface area contributed by atoms with Crippen LogP contribution in [0.15, 0.2) is 6.07 Å². The van der Waals surface area contributed by atoms with Crippen LogP contribution in [-0.4, -0.2) is 55.5 Å². The van der Waals surface area contributed by atoms with E-state index in [1.54, 1.807) is 0 Å². The summed E-state index contributed by atoms with van der Waals surface area (Å²) in [6.07, 6.45) is 2.61. The minimum Gasteiger partial charge on any atom is -0.378 e. The number of anilines is 2. The van der Waals surface area contributed by atoms with Gasteiger partial charge in [-0.15, -0.1) is 0 Å². The number of nitrogens with zero attached hydrogens (tertiary/aromatic N) is 3. The van der Waals surface area contributed by atoms with Crippen molar-refractivity contribution >= 4 is 11.6 Å². The maximum atomic E-state index is 5.62. The van der Waals surface area contributed by atoms with Gasteiger partial charge >= 0.3 is 0 Å².